The molecule has 1 saturated carbocycles. The van der Waals surface area contributed by atoms with E-state index in [1.54, 1.807) is 30.7 Å². The second kappa shape index (κ2) is 9.36. The van der Waals surface area contributed by atoms with E-state index in [4.69, 9.17) is 0 Å². The Balaban J connectivity index is 1.51. The van der Waals surface area contributed by atoms with E-state index in [9.17, 15) is 27.1 Å². The van der Waals surface area contributed by atoms with Crippen molar-refractivity contribution in [3.63, 3.8) is 0 Å². The maximum absolute atomic E-state index is 13.1. The molecule has 2 aliphatic rings. The van der Waals surface area contributed by atoms with Gasteiger partial charge in [-0.3, -0.25) is 9.36 Å². The molecule has 35 heavy (non-hydrogen) atoms. The monoisotopic (exact) mass is 513 g/mol. The van der Waals surface area contributed by atoms with E-state index >= 15 is 0 Å². The van der Waals surface area contributed by atoms with E-state index in [-0.39, 0.29) is 30.7 Å². The summed E-state index contributed by atoms with van der Waals surface area (Å²) in [6, 6.07) is 1.25. The number of pyridine rings is 1. The molecule has 0 amide bonds. The van der Waals surface area contributed by atoms with Gasteiger partial charge in [0.1, 0.15) is 5.65 Å². The standard InChI is InChI=1S/C23H33F2N5O4S/c1-15-13-16-14-26-21(28-19(16)30(20(15)31)18-5-4-8-22(18,2)32)27-17-6-10-29(11-7-17)35(33,34)12-9-23(3,24)25/h13-14,17-18,32H,4-12H2,1-3H3,(H,26,27,28)/t18-,22-/m1/s1. The molecule has 194 valence electrons. The maximum Gasteiger partial charge on any atom is 0.255 e. The summed E-state index contributed by atoms with van der Waals surface area (Å²) in [5, 5.41) is 14.8. The van der Waals surface area contributed by atoms with Crippen LogP contribution in [0.25, 0.3) is 11.0 Å². The molecule has 3 heterocycles. The van der Waals surface area contributed by atoms with Gasteiger partial charge < -0.3 is 10.4 Å². The van der Waals surface area contributed by atoms with Crippen LogP contribution in [0.15, 0.2) is 17.1 Å². The fourth-order valence-corrected chi connectivity index (χ4v) is 6.69. The number of nitrogens with one attached hydrogen (secondary N) is 1. The molecule has 0 unspecified atom stereocenters. The van der Waals surface area contributed by atoms with Crippen LogP contribution in [-0.4, -0.2) is 68.8 Å². The number of aliphatic hydroxyl groups is 1. The highest BCUT2D eigenvalue weighted by Gasteiger charge is 2.39. The Morgan fingerprint density at radius 3 is 2.57 bits per heavy atom. The Labute approximate surface area is 203 Å². The molecule has 12 heteroatoms. The van der Waals surface area contributed by atoms with Crippen molar-refractivity contribution in [1.82, 2.24) is 18.8 Å². The Morgan fingerprint density at radius 1 is 1.29 bits per heavy atom. The number of hydrogen-bond acceptors (Lipinski definition) is 7. The normalized spacial score (nSPS) is 24.8. The number of fused-ring (bicyclic) bond motifs is 1. The number of aromatic nitrogens is 3. The SMILES string of the molecule is Cc1cc2cnc(NC3CCN(S(=O)(=O)CCC(C)(F)F)CC3)nc2n([C@@H]2CCC[C@@]2(C)O)c1=O. The topological polar surface area (TPSA) is 117 Å². The quantitative estimate of drug-likeness (QED) is 0.585. The summed E-state index contributed by atoms with van der Waals surface area (Å²) in [5.41, 5.74) is -0.196. The lowest BCUT2D eigenvalue weighted by Gasteiger charge is -2.32. The van der Waals surface area contributed by atoms with Crippen LogP contribution in [0.5, 0.6) is 0 Å². The van der Waals surface area contributed by atoms with Gasteiger partial charge >= 0.3 is 0 Å². The van der Waals surface area contributed by atoms with Gasteiger partial charge in [-0.1, -0.05) is 0 Å². The third kappa shape index (κ3) is 5.64. The van der Waals surface area contributed by atoms with Crippen LogP contribution in [0.3, 0.4) is 0 Å². The van der Waals surface area contributed by atoms with Crippen LogP contribution in [0.4, 0.5) is 14.7 Å². The van der Waals surface area contributed by atoms with Gasteiger partial charge in [-0.05, 0) is 58.9 Å². The molecule has 1 aliphatic heterocycles. The lowest BCUT2D eigenvalue weighted by Crippen LogP contribution is -2.44. The summed E-state index contributed by atoms with van der Waals surface area (Å²) in [7, 11) is -3.74. The number of hydrogen-bond donors (Lipinski definition) is 2. The van der Waals surface area contributed by atoms with Gasteiger partial charge in [-0.2, -0.15) is 4.98 Å². The molecule has 2 N–H and O–H groups in total. The predicted molar refractivity (Wildman–Crippen MR) is 129 cm³/mol. The molecule has 0 spiro atoms. The van der Waals surface area contributed by atoms with Crippen molar-refractivity contribution in [2.24, 2.45) is 0 Å². The molecule has 0 radical (unpaired) electrons. The zero-order chi connectivity index (χ0) is 25.6. The molecule has 1 saturated heterocycles. The number of aryl methyl sites for hydroxylation is 1. The van der Waals surface area contributed by atoms with Crippen molar-refractivity contribution in [2.45, 2.75) is 82.9 Å². The van der Waals surface area contributed by atoms with Crippen LogP contribution in [0, 0.1) is 6.92 Å². The fraction of sp³-hybridized carbons (Fsp3) is 0.696. The number of halogens is 2. The number of piperidine rings is 1. The summed E-state index contributed by atoms with van der Waals surface area (Å²) in [6.45, 7) is 4.64. The lowest BCUT2D eigenvalue weighted by atomic mass is 9.99. The molecule has 2 aromatic heterocycles. The third-order valence-electron chi connectivity index (χ3n) is 7.12. The minimum absolute atomic E-state index is 0.105. The zero-order valence-corrected chi connectivity index (χ0v) is 21.1. The first-order chi connectivity index (χ1) is 16.3. The summed E-state index contributed by atoms with van der Waals surface area (Å²) < 4.78 is 53.9. The summed E-state index contributed by atoms with van der Waals surface area (Å²) in [4.78, 5) is 22.1. The summed E-state index contributed by atoms with van der Waals surface area (Å²) >= 11 is 0. The maximum atomic E-state index is 13.1. The first-order valence-electron chi connectivity index (χ1n) is 12.0. The minimum atomic E-state index is -3.74. The summed E-state index contributed by atoms with van der Waals surface area (Å²) in [6.07, 6.45) is 3.98. The van der Waals surface area contributed by atoms with E-state index in [2.05, 4.69) is 15.3 Å². The first-order valence-corrected chi connectivity index (χ1v) is 13.6. The van der Waals surface area contributed by atoms with Gasteiger partial charge in [0.15, 0.2) is 0 Å². The van der Waals surface area contributed by atoms with Crippen molar-refractivity contribution >= 4 is 27.0 Å². The summed E-state index contributed by atoms with van der Waals surface area (Å²) in [5.74, 6) is -3.28. The molecular weight excluding hydrogens is 480 g/mol. The van der Waals surface area contributed by atoms with E-state index in [0.717, 1.165) is 13.3 Å². The van der Waals surface area contributed by atoms with E-state index < -0.39 is 33.7 Å². The van der Waals surface area contributed by atoms with Gasteiger partial charge in [-0.25, -0.2) is 26.5 Å². The van der Waals surface area contributed by atoms with Crippen LogP contribution >= 0.6 is 0 Å². The van der Waals surface area contributed by atoms with Crippen molar-refractivity contribution in [2.75, 3.05) is 24.2 Å². The highest BCUT2D eigenvalue weighted by molar-refractivity contribution is 7.89. The molecular formula is C23H33F2N5O4S. The number of alkyl halides is 2. The average molecular weight is 514 g/mol. The van der Waals surface area contributed by atoms with Crippen molar-refractivity contribution in [3.05, 3.63) is 28.2 Å². The number of anilines is 1. The smallest absolute Gasteiger partial charge is 0.255 e. The Bertz CT molecular complexity index is 1250. The van der Waals surface area contributed by atoms with Crippen LogP contribution in [0.1, 0.15) is 64.0 Å². The van der Waals surface area contributed by atoms with Gasteiger partial charge in [0.25, 0.3) is 5.56 Å². The van der Waals surface area contributed by atoms with Crippen molar-refractivity contribution < 1.29 is 22.3 Å². The largest absolute Gasteiger partial charge is 0.388 e. The number of rotatable bonds is 7. The van der Waals surface area contributed by atoms with E-state index in [0.29, 0.717) is 48.2 Å². The van der Waals surface area contributed by atoms with Crippen LogP contribution < -0.4 is 10.9 Å². The number of sulfonamides is 1. The number of nitrogens with zero attached hydrogens (tertiary/aromatic N) is 4. The molecule has 9 nitrogen and oxygen atoms in total. The minimum Gasteiger partial charge on any atom is -0.388 e. The second-order valence-electron chi connectivity index (χ2n) is 10.2. The zero-order valence-electron chi connectivity index (χ0n) is 20.3. The van der Waals surface area contributed by atoms with Crippen molar-refractivity contribution in [3.8, 4) is 0 Å². The highest BCUT2D eigenvalue weighted by atomic mass is 32.2. The molecule has 0 bridgehead atoms. The third-order valence-corrected chi connectivity index (χ3v) is 8.99. The van der Waals surface area contributed by atoms with Gasteiger partial charge in [0, 0.05) is 42.7 Å². The fourth-order valence-electron chi connectivity index (χ4n) is 5.05. The Kier molecular flexibility index (Phi) is 6.93. The predicted octanol–water partition coefficient (Wildman–Crippen LogP) is 2.83. The van der Waals surface area contributed by atoms with Crippen LogP contribution in [-0.2, 0) is 10.0 Å². The highest BCUT2D eigenvalue weighted by Crippen LogP contribution is 2.39. The average Bonchev–Trinajstić information content (AvgIpc) is 3.12. The second-order valence-corrected chi connectivity index (χ2v) is 12.3. The Hall–Kier alpha value is -2.18. The van der Waals surface area contributed by atoms with E-state index in [1.807, 2.05) is 0 Å². The molecule has 0 aromatic carbocycles. The first kappa shape index (κ1) is 25.9. The lowest BCUT2D eigenvalue weighted by molar-refractivity contribution is 0.0186. The molecule has 1 aliphatic carbocycles. The van der Waals surface area contributed by atoms with Crippen molar-refractivity contribution in [1.29, 1.82) is 0 Å². The molecule has 2 atom stereocenters. The van der Waals surface area contributed by atoms with Gasteiger partial charge in [0.05, 0.1) is 17.4 Å². The molecule has 2 aromatic rings. The molecule has 4 rings (SSSR count). The van der Waals surface area contributed by atoms with E-state index in [1.165, 1.54) is 4.31 Å². The molecule has 2 fully saturated rings. The van der Waals surface area contributed by atoms with Crippen LogP contribution in [0.2, 0.25) is 0 Å². The van der Waals surface area contributed by atoms with Gasteiger partial charge in [-0.15, -0.1) is 0 Å². The Morgan fingerprint density at radius 2 is 1.97 bits per heavy atom. The van der Waals surface area contributed by atoms with Gasteiger partial charge in [0.2, 0.25) is 21.9 Å².